The van der Waals surface area contributed by atoms with E-state index in [0.29, 0.717) is 5.69 Å². The molecule has 0 bridgehead atoms. The molecule has 1 unspecified atom stereocenters. The van der Waals surface area contributed by atoms with E-state index in [1.165, 1.54) is 12.1 Å². The Bertz CT molecular complexity index is 717. The smallest absolute Gasteiger partial charge is 0.387 e. The zero-order chi connectivity index (χ0) is 17.7. The molecule has 7 heteroatoms. The van der Waals surface area contributed by atoms with Crippen LogP contribution < -0.4 is 10.6 Å². The molecule has 0 aliphatic carbocycles. The fourth-order valence-corrected chi connectivity index (χ4v) is 2.11. The summed E-state index contributed by atoms with van der Waals surface area (Å²) in [6.45, 7) is 1.62. The van der Waals surface area contributed by atoms with Gasteiger partial charge in [0.15, 0.2) is 0 Å². The van der Waals surface area contributed by atoms with Crippen molar-refractivity contribution >= 4 is 11.7 Å². The number of aliphatic hydroxyl groups is 1. The molecule has 128 valence electrons. The van der Waals surface area contributed by atoms with Gasteiger partial charge in [0, 0.05) is 12.2 Å². The number of amides is 2. The minimum absolute atomic E-state index is 0.0843. The van der Waals surface area contributed by atoms with Crippen LogP contribution in [0.25, 0.3) is 0 Å². The van der Waals surface area contributed by atoms with Gasteiger partial charge in [-0.3, -0.25) is 0 Å². The number of alkyl halides is 3. The molecule has 0 fully saturated rings. The highest BCUT2D eigenvalue weighted by Crippen LogP contribution is 2.30. The standard InChI is InChI=1S/C17H17F3N2O2/c1-11-5-2-3-8-14(11)22-16(24)21-10-15(23)12-6-4-7-13(9-12)17(18,19)20/h2-9,15,23H,10H2,1H3,(H2,21,22,24). The van der Waals surface area contributed by atoms with Crippen molar-refractivity contribution in [1.29, 1.82) is 0 Å². The second-order valence-electron chi connectivity index (χ2n) is 5.29. The van der Waals surface area contributed by atoms with E-state index >= 15 is 0 Å². The van der Waals surface area contributed by atoms with E-state index < -0.39 is 23.9 Å². The zero-order valence-corrected chi connectivity index (χ0v) is 12.9. The summed E-state index contributed by atoms with van der Waals surface area (Å²) >= 11 is 0. The van der Waals surface area contributed by atoms with Crippen LogP contribution in [0.2, 0.25) is 0 Å². The molecule has 3 N–H and O–H groups in total. The molecule has 0 saturated heterocycles. The molecule has 2 aromatic rings. The van der Waals surface area contributed by atoms with Crippen molar-refractivity contribution in [1.82, 2.24) is 5.32 Å². The molecule has 0 heterocycles. The lowest BCUT2D eigenvalue weighted by atomic mass is 10.1. The number of urea groups is 1. The maximum Gasteiger partial charge on any atom is 0.416 e. The number of rotatable bonds is 4. The molecular weight excluding hydrogens is 321 g/mol. The van der Waals surface area contributed by atoms with Crippen LogP contribution in [0.5, 0.6) is 0 Å². The number of nitrogens with one attached hydrogen (secondary N) is 2. The summed E-state index contributed by atoms with van der Waals surface area (Å²) in [6.07, 6.45) is -5.72. The fourth-order valence-electron chi connectivity index (χ4n) is 2.11. The number of hydrogen-bond acceptors (Lipinski definition) is 2. The number of benzene rings is 2. The van der Waals surface area contributed by atoms with Crippen molar-refractivity contribution in [2.24, 2.45) is 0 Å². The number of anilines is 1. The van der Waals surface area contributed by atoms with E-state index in [1.807, 2.05) is 19.1 Å². The second kappa shape index (κ2) is 7.35. The second-order valence-corrected chi connectivity index (χ2v) is 5.29. The summed E-state index contributed by atoms with van der Waals surface area (Å²) < 4.78 is 38.0. The van der Waals surface area contributed by atoms with Gasteiger partial charge in [0.05, 0.1) is 11.7 Å². The van der Waals surface area contributed by atoms with Gasteiger partial charge in [0.2, 0.25) is 0 Å². The van der Waals surface area contributed by atoms with Gasteiger partial charge in [0.25, 0.3) is 0 Å². The van der Waals surface area contributed by atoms with E-state index in [9.17, 15) is 23.1 Å². The Morgan fingerprint density at radius 1 is 1.17 bits per heavy atom. The number of aryl methyl sites for hydroxylation is 1. The molecule has 0 radical (unpaired) electrons. The number of hydrogen-bond donors (Lipinski definition) is 3. The third-order valence-corrected chi connectivity index (χ3v) is 3.45. The van der Waals surface area contributed by atoms with Crippen LogP contribution >= 0.6 is 0 Å². The molecule has 4 nitrogen and oxygen atoms in total. The van der Waals surface area contributed by atoms with E-state index in [0.717, 1.165) is 17.7 Å². The third kappa shape index (κ3) is 4.73. The summed E-state index contributed by atoms with van der Waals surface area (Å²) in [7, 11) is 0. The number of carbonyl (C=O) groups is 1. The Balaban J connectivity index is 1.94. The number of aliphatic hydroxyl groups excluding tert-OH is 1. The number of para-hydroxylation sites is 1. The number of carbonyl (C=O) groups excluding carboxylic acids is 1. The third-order valence-electron chi connectivity index (χ3n) is 3.45. The van der Waals surface area contributed by atoms with Gasteiger partial charge in [-0.15, -0.1) is 0 Å². The summed E-state index contributed by atoms with van der Waals surface area (Å²) in [5.41, 5.74) is 0.721. The minimum atomic E-state index is -4.48. The van der Waals surface area contributed by atoms with Crippen LogP contribution in [0.15, 0.2) is 48.5 Å². The van der Waals surface area contributed by atoms with Crippen LogP contribution in [0.3, 0.4) is 0 Å². The highest BCUT2D eigenvalue weighted by molar-refractivity contribution is 5.90. The lowest BCUT2D eigenvalue weighted by Crippen LogP contribution is -2.32. The van der Waals surface area contributed by atoms with Crippen molar-refractivity contribution < 1.29 is 23.1 Å². The topological polar surface area (TPSA) is 61.4 Å². The summed E-state index contributed by atoms with van der Waals surface area (Å²) in [6, 6.07) is 11.0. The average Bonchev–Trinajstić information content (AvgIpc) is 2.54. The first kappa shape index (κ1) is 17.8. The minimum Gasteiger partial charge on any atom is -0.387 e. The maximum atomic E-state index is 12.7. The molecular formula is C17H17F3N2O2. The first-order chi connectivity index (χ1) is 11.3. The Kier molecular flexibility index (Phi) is 5.46. The molecule has 1 atom stereocenters. The Labute approximate surface area is 137 Å². The molecule has 2 rings (SSSR count). The van der Waals surface area contributed by atoms with E-state index in [4.69, 9.17) is 0 Å². The lowest BCUT2D eigenvalue weighted by molar-refractivity contribution is -0.137. The fraction of sp³-hybridized carbons (Fsp3) is 0.235. The normalized spacial score (nSPS) is 12.5. The average molecular weight is 338 g/mol. The molecule has 0 saturated carbocycles. The quantitative estimate of drug-likeness (QED) is 0.792. The number of halogens is 3. The van der Waals surface area contributed by atoms with Crippen LogP contribution in [-0.4, -0.2) is 17.7 Å². The predicted molar refractivity (Wildman–Crippen MR) is 84.6 cm³/mol. The predicted octanol–water partition coefficient (Wildman–Crippen LogP) is 3.87. The first-order valence-electron chi connectivity index (χ1n) is 7.23. The summed E-state index contributed by atoms with van der Waals surface area (Å²) in [4.78, 5) is 11.8. The largest absolute Gasteiger partial charge is 0.416 e. The van der Waals surface area contributed by atoms with Crippen molar-refractivity contribution in [2.75, 3.05) is 11.9 Å². The van der Waals surface area contributed by atoms with Gasteiger partial charge in [0.1, 0.15) is 0 Å². The Hall–Kier alpha value is -2.54. The van der Waals surface area contributed by atoms with Crippen molar-refractivity contribution in [2.45, 2.75) is 19.2 Å². The van der Waals surface area contributed by atoms with Crippen LogP contribution in [-0.2, 0) is 6.18 Å². The highest BCUT2D eigenvalue weighted by atomic mass is 19.4. The van der Waals surface area contributed by atoms with Gasteiger partial charge in [-0.25, -0.2) is 4.79 Å². The Morgan fingerprint density at radius 2 is 1.88 bits per heavy atom. The molecule has 2 amide bonds. The van der Waals surface area contributed by atoms with Gasteiger partial charge in [-0.1, -0.05) is 30.3 Å². The van der Waals surface area contributed by atoms with Gasteiger partial charge in [-0.05, 0) is 36.2 Å². The summed E-state index contributed by atoms with van der Waals surface area (Å²) in [5, 5.41) is 15.0. The van der Waals surface area contributed by atoms with Gasteiger partial charge < -0.3 is 15.7 Å². The molecule has 2 aromatic carbocycles. The zero-order valence-electron chi connectivity index (χ0n) is 12.9. The van der Waals surface area contributed by atoms with Gasteiger partial charge >= 0.3 is 12.2 Å². The van der Waals surface area contributed by atoms with E-state index in [1.54, 1.807) is 12.1 Å². The highest BCUT2D eigenvalue weighted by Gasteiger charge is 2.30. The maximum absolute atomic E-state index is 12.7. The molecule has 0 aliphatic rings. The van der Waals surface area contributed by atoms with E-state index in [-0.39, 0.29) is 12.1 Å². The first-order valence-corrected chi connectivity index (χ1v) is 7.23. The lowest BCUT2D eigenvalue weighted by Gasteiger charge is -2.15. The van der Waals surface area contributed by atoms with Crippen molar-refractivity contribution in [3.05, 3.63) is 65.2 Å². The van der Waals surface area contributed by atoms with Crippen molar-refractivity contribution in [3.63, 3.8) is 0 Å². The van der Waals surface area contributed by atoms with Crippen LogP contribution in [0.1, 0.15) is 22.8 Å². The van der Waals surface area contributed by atoms with Crippen molar-refractivity contribution in [3.8, 4) is 0 Å². The Morgan fingerprint density at radius 3 is 2.54 bits per heavy atom. The van der Waals surface area contributed by atoms with E-state index in [2.05, 4.69) is 10.6 Å². The summed E-state index contributed by atoms with van der Waals surface area (Å²) in [5.74, 6) is 0. The molecule has 24 heavy (non-hydrogen) atoms. The molecule has 0 aromatic heterocycles. The SMILES string of the molecule is Cc1ccccc1NC(=O)NCC(O)c1cccc(C(F)(F)F)c1. The van der Waals surface area contributed by atoms with Gasteiger partial charge in [-0.2, -0.15) is 13.2 Å². The van der Waals surface area contributed by atoms with Crippen LogP contribution in [0, 0.1) is 6.92 Å². The molecule has 0 spiro atoms. The van der Waals surface area contributed by atoms with Crippen LogP contribution in [0.4, 0.5) is 23.7 Å². The monoisotopic (exact) mass is 338 g/mol. The molecule has 0 aliphatic heterocycles.